The predicted octanol–water partition coefficient (Wildman–Crippen LogP) is 2.35. The maximum atomic E-state index is 4.53. The standard InChI is InChI=1S/C13H19N3/c1-2-4-9-16(8-3-1)13-11-6-5-7-12(11)14-10-15-13/h10H,1-9H2. The summed E-state index contributed by atoms with van der Waals surface area (Å²) in [5.41, 5.74) is 2.73. The monoisotopic (exact) mass is 217 g/mol. The van der Waals surface area contributed by atoms with Gasteiger partial charge in [-0.25, -0.2) is 9.97 Å². The van der Waals surface area contributed by atoms with Gasteiger partial charge in [-0.15, -0.1) is 0 Å². The van der Waals surface area contributed by atoms with E-state index < -0.39 is 0 Å². The van der Waals surface area contributed by atoms with Crippen molar-refractivity contribution in [2.75, 3.05) is 18.0 Å². The van der Waals surface area contributed by atoms with Crippen molar-refractivity contribution >= 4 is 5.82 Å². The molecular weight excluding hydrogens is 198 g/mol. The molecule has 0 bridgehead atoms. The number of hydrogen-bond acceptors (Lipinski definition) is 3. The van der Waals surface area contributed by atoms with E-state index in [-0.39, 0.29) is 0 Å². The van der Waals surface area contributed by atoms with Gasteiger partial charge in [-0.05, 0) is 32.1 Å². The van der Waals surface area contributed by atoms with Gasteiger partial charge >= 0.3 is 0 Å². The van der Waals surface area contributed by atoms with Crippen molar-refractivity contribution in [2.24, 2.45) is 0 Å². The highest BCUT2D eigenvalue weighted by atomic mass is 15.2. The zero-order valence-corrected chi connectivity index (χ0v) is 9.78. The molecule has 0 atom stereocenters. The second kappa shape index (κ2) is 4.40. The summed E-state index contributed by atoms with van der Waals surface area (Å²) in [6.45, 7) is 2.37. The van der Waals surface area contributed by atoms with E-state index >= 15 is 0 Å². The number of aryl methyl sites for hydroxylation is 1. The van der Waals surface area contributed by atoms with E-state index in [2.05, 4.69) is 14.9 Å². The number of rotatable bonds is 1. The van der Waals surface area contributed by atoms with Crippen molar-refractivity contribution in [1.82, 2.24) is 9.97 Å². The van der Waals surface area contributed by atoms with Crippen LogP contribution in [-0.2, 0) is 12.8 Å². The molecule has 2 aliphatic rings. The first-order valence-corrected chi connectivity index (χ1v) is 6.53. The maximum Gasteiger partial charge on any atom is 0.135 e. The second-order valence-electron chi connectivity index (χ2n) is 4.88. The van der Waals surface area contributed by atoms with Gasteiger partial charge in [0.25, 0.3) is 0 Å². The molecule has 0 N–H and O–H groups in total. The molecule has 3 heteroatoms. The third-order valence-corrected chi connectivity index (χ3v) is 3.76. The number of hydrogen-bond donors (Lipinski definition) is 0. The Morgan fingerprint density at radius 2 is 1.69 bits per heavy atom. The Morgan fingerprint density at radius 3 is 2.50 bits per heavy atom. The third-order valence-electron chi connectivity index (χ3n) is 3.76. The fraction of sp³-hybridized carbons (Fsp3) is 0.692. The molecule has 2 heterocycles. The van der Waals surface area contributed by atoms with E-state index in [9.17, 15) is 0 Å². The first kappa shape index (κ1) is 10.1. The van der Waals surface area contributed by atoms with Gasteiger partial charge in [-0.2, -0.15) is 0 Å². The highest BCUT2D eigenvalue weighted by Crippen LogP contribution is 2.29. The van der Waals surface area contributed by atoms with Crippen LogP contribution < -0.4 is 4.90 Å². The Labute approximate surface area is 96.9 Å². The molecule has 16 heavy (non-hydrogen) atoms. The molecule has 3 nitrogen and oxygen atoms in total. The lowest BCUT2D eigenvalue weighted by Crippen LogP contribution is -2.26. The summed E-state index contributed by atoms with van der Waals surface area (Å²) in [4.78, 5) is 11.4. The minimum atomic E-state index is 1.15. The highest BCUT2D eigenvalue weighted by molar-refractivity contribution is 5.50. The van der Waals surface area contributed by atoms with Crippen LogP contribution in [0.3, 0.4) is 0 Å². The molecule has 3 rings (SSSR count). The molecule has 1 aliphatic carbocycles. The summed E-state index contributed by atoms with van der Waals surface area (Å²) in [5.74, 6) is 1.24. The second-order valence-corrected chi connectivity index (χ2v) is 4.88. The van der Waals surface area contributed by atoms with E-state index in [0.29, 0.717) is 0 Å². The van der Waals surface area contributed by atoms with Gasteiger partial charge < -0.3 is 4.90 Å². The SMILES string of the molecule is c1nc2c(c(N3CCCCCC3)n1)CCC2. The molecule has 1 aromatic rings. The van der Waals surface area contributed by atoms with Crippen molar-refractivity contribution in [3.63, 3.8) is 0 Å². The number of anilines is 1. The topological polar surface area (TPSA) is 29.0 Å². The Kier molecular flexibility index (Phi) is 2.77. The first-order chi connectivity index (χ1) is 7.95. The van der Waals surface area contributed by atoms with E-state index in [0.717, 1.165) is 6.42 Å². The summed E-state index contributed by atoms with van der Waals surface area (Å²) in [6, 6.07) is 0. The van der Waals surface area contributed by atoms with Gasteiger partial charge in [-0.3, -0.25) is 0 Å². The first-order valence-electron chi connectivity index (χ1n) is 6.53. The minimum Gasteiger partial charge on any atom is -0.356 e. The van der Waals surface area contributed by atoms with E-state index in [1.807, 2.05) is 0 Å². The number of nitrogens with zero attached hydrogens (tertiary/aromatic N) is 3. The van der Waals surface area contributed by atoms with Crippen molar-refractivity contribution in [3.8, 4) is 0 Å². The lowest BCUT2D eigenvalue weighted by atomic mass is 10.2. The molecule has 86 valence electrons. The Hall–Kier alpha value is -1.12. The fourth-order valence-corrected chi connectivity index (χ4v) is 2.90. The number of fused-ring (bicyclic) bond motifs is 1. The van der Waals surface area contributed by atoms with Crippen molar-refractivity contribution in [1.29, 1.82) is 0 Å². The van der Waals surface area contributed by atoms with Crippen LogP contribution in [0.2, 0.25) is 0 Å². The van der Waals surface area contributed by atoms with Crippen LogP contribution >= 0.6 is 0 Å². The van der Waals surface area contributed by atoms with Gasteiger partial charge in [0, 0.05) is 24.3 Å². The number of aromatic nitrogens is 2. The highest BCUT2D eigenvalue weighted by Gasteiger charge is 2.21. The average molecular weight is 217 g/mol. The molecule has 0 radical (unpaired) electrons. The van der Waals surface area contributed by atoms with Gasteiger partial charge in [0.15, 0.2) is 0 Å². The largest absolute Gasteiger partial charge is 0.356 e. The Bertz CT molecular complexity index is 367. The quantitative estimate of drug-likeness (QED) is 0.723. The van der Waals surface area contributed by atoms with Crippen LogP contribution in [-0.4, -0.2) is 23.1 Å². The molecule has 0 unspecified atom stereocenters. The maximum absolute atomic E-state index is 4.53. The van der Waals surface area contributed by atoms with Gasteiger partial charge in [-0.1, -0.05) is 12.8 Å². The van der Waals surface area contributed by atoms with Crippen LogP contribution in [0.25, 0.3) is 0 Å². The van der Waals surface area contributed by atoms with Crippen LogP contribution in [0, 0.1) is 0 Å². The average Bonchev–Trinajstić information content (AvgIpc) is 2.63. The van der Waals surface area contributed by atoms with Crippen LogP contribution in [0.1, 0.15) is 43.4 Å². The van der Waals surface area contributed by atoms with E-state index in [1.54, 1.807) is 6.33 Å². The van der Waals surface area contributed by atoms with Crippen LogP contribution in [0.4, 0.5) is 5.82 Å². The fourth-order valence-electron chi connectivity index (χ4n) is 2.90. The molecule has 0 aromatic carbocycles. The van der Waals surface area contributed by atoms with Crippen LogP contribution in [0.15, 0.2) is 6.33 Å². The molecule has 0 amide bonds. The normalized spacial score (nSPS) is 20.6. The van der Waals surface area contributed by atoms with Crippen molar-refractivity contribution in [2.45, 2.75) is 44.9 Å². The summed E-state index contributed by atoms with van der Waals surface area (Å²) in [7, 11) is 0. The molecular formula is C13H19N3. The van der Waals surface area contributed by atoms with Crippen LogP contribution in [0.5, 0.6) is 0 Å². The van der Waals surface area contributed by atoms with E-state index in [1.165, 1.54) is 68.7 Å². The summed E-state index contributed by atoms with van der Waals surface area (Å²) in [5, 5.41) is 0. The van der Waals surface area contributed by atoms with Crippen molar-refractivity contribution in [3.05, 3.63) is 17.6 Å². The lowest BCUT2D eigenvalue weighted by Gasteiger charge is -2.23. The summed E-state index contributed by atoms with van der Waals surface area (Å²) < 4.78 is 0. The third kappa shape index (κ3) is 1.79. The molecule has 0 saturated carbocycles. The van der Waals surface area contributed by atoms with Gasteiger partial charge in [0.1, 0.15) is 12.1 Å². The Morgan fingerprint density at radius 1 is 0.875 bits per heavy atom. The Balaban J connectivity index is 1.90. The smallest absolute Gasteiger partial charge is 0.135 e. The zero-order chi connectivity index (χ0) is 10.8. The predicted molar refractivity (Wildman–Crippen MR) is 64.7 cm³/mol. The molecule has 0 spiro atoms. The minimum absolute atomic E-state index is 1.15. The molecule has 1 fully saturated rings. The molecule has 1 aliphatic heterocycles. The molecule has 1 aromatic heterocycles. The van der Waals surface area contributed by atoms with Crippen molar-refractivity contribution < 1.29 is 0 Å². The summed E-state index contributed by atoms with van der Waals surface area (Å²) >= 11 is 0. The van der Waals surface area contributed by atoms with E-state index in [4.69, 9.17) is 0 Å². The molecule has 1 saturated heterocycles. The lowest BCUT2D eigenvalue weighted by molar-refractivity contribution is 0.726. The zero-order valence-electron chi connectivity index (χ0n) is 9.78. The van der Waals surface area contributed by atoms with Gasteiger partial charge in [0.05, 0.1) is 0 Å². The van der Waals surface area contributed by atoms with Gasteiger partial charge in [0.2, 0.25) is 0 Å². The summed E-state index contributed by atoms with van der Waals surface area (Å²) in [6.07, 6.45) is 10.7.